The monoisotopic (exact) mass is 392 g/mol. The van der Waals surface area contributed by atoms with Crippen LogP contribution in [0.4, 0.5) is 5.00 Å². The van der Waals surface area contributed by atoms with Crippen LogP contribution in [0.1, 0.15) is 52.7 Å². The third-order valence-corrected chi connectivity index (χ3v) is 6.03. The van der Waals surface area contributed by atoms with Crippen LogP contribution in [0.25, 0.3) is 0 Å². The van der Waals surface area contributed by atoms with Crippen molar-refractivity contribution in [2.45, 2.75) is 52.1 Å². The van der Waals surface area contributed by atoms with Crippen LogP contribution in [0.3, 0.4) is 0 Å². The number of nitrogens with zero attached hydrogens (tertiary/aromatic N) is 2. The van der Waals surface area contributed by atoms with Gasteiger partial charge in [0.25, 0.3) is 0 Å². The summed E-state index contributed by atoms with van der Waals surface area (Å²) in [6.45, 7) is 3.45. The zero-order chi connectivity index (χ0) is 18.5. The molecule has 26 heavy (non-hydrogen) atoms. The fourth-order valence-electron chi connectivity index (χ4n) is 3.26. The lowest BCUT2D eigenvalue weighted by molar-refractivity contribution is 0.0601. The smallest absolute Gasteiger partial charge is 0.341 e. The topological polar surface area (TPSA) is 68.2 Å². The Hall–Kier alpha value is -1.93. The lowest BCUT2D eigenvalue weighted by atomic mass is 10.1. The minimum Gasteiger partial charge on any atom is -0.465 e. The molecule has 140 valence electrons. The maximum Gasteiger partial charge on any atom is 0.341 e. The molecule has 2 heterocycles. The first-order valence-corrected chi connectivity index (χ1v) is 10.1. The molecule has 0 spiro atoms. The molecule has 8 heteroatoms. The zero-order valence-corrected chi connectivity index (χ0v) is 16.8. The van der Waals surface area contributed by atoms with E-state index in [2.05, 4.69) is 22.7 Å². The summed E-state index contributed by atoms with van der Waals surface area (Å²) < 4.78 is 6.94. The first kappa shape index (κ1) is 18.8. The number of esters is 1. The first-order chi connectivity index (χ1) is 12.6. The fourth-order valence-corrected chi connectivity index (χ4v) is 4.78. The minimum atomic E-state index is -0.293. The summed E-state index contributed by atoms with van der Waals surface area (Å²) in [5, 5.41) is 11.9. The van der Waals surface area contributed by atoms with E-state index in [4.69, 9.17) is 17.0 Å². The van der Waals surface area contributed by atoms with Crippen LogP contribution in [-0.2, 0) is 30.7 Å². The van der Waals surface area contributed by atoms with Gasteiger partial charge in [-0.2, -0.15) is 5.10 Å². The number of carbonyl (C=O) groups excluding carboxylic acids is 1. The molecule has 1 aliphatic rings. The number of nitrogens with one attached hydrogen (secondary N) is 2. The van der Waals surface area contributed by atoms with Crippen molar-refractivity contribution in [3.63, 3.8) is 0 Å². The summed E-state index contributed by atoms with van der Waals surface area (Å²) >= 11 is 7.06. The second-order valence-electron chi connectivity index (χ2n) is 6.21. The molecule has 0 atom stereocenters. The van der Waals surface area contributed by atoms with Crippen molar-refractivity contribution in [2.75, 3.05) is 12.4 Å². The van der Waals surface area contributed by atoms with Crippen LogP contribution in [0, 0.1) is 0 Å². The molecule has 0 fully saturated rings. The number of hydrogen-bond acceptors (Lipinski definition) is 5. The van der Waals surface area contributed by atoms with Crippen LogP contribution < -0.4 is 10.6 Å². The van der Waals surface area contributed by atoms with Gasteiger partial charge in [0.05, 0.1) is 24.9 Å². The van der Waals surface area contributed by atoms with Gasteiger partial charge in [0, 0.05) is 17.6 Å². The van der Waals surface area contributed by atoms with Crippen LogP contribution in [-0.4, -0.2) is 28.0 Å². The average molecular weight is 393 g/mol. The predicted octanol–water partition coefficient (Wildman–Crippen LogP) is 3.51. The lowest BCUT2D eigenvalue weighted by Gasteiger charge is -2.12. The molecule has 0 amide bonds. The molecular formula is C18H24N4O2S2. The number of aryl methyl sites for hydroxylation is 2. The van der Waals surface area contributed by atoms with E-state index < -0.39 is 0 Å². The number of ether oxygens (including phenoxy) is 1. The molecule has 0 unspecified atom stereocenters. The van der Waals surface area contributed by atoms with E-state index in [1.54, 1.807) is 17.5 Å². The van der Waals surface area contributed by atoms with Crippen molar-refractivity contribution >= 4 is 39.6 Å². The number of anilines is 1. The highest BCUT2D eigenvalue weighted by molar-refractivity contribution is 7.80. The van der Waals surface area contributed by atoms with Gasteiger partial charge in [0.1, 0.15) is 5.00 Å². The Kier molecular flexibility index (Phi) is 6.26. The fraction of sp³-hybridized carbons (Fsp3) is 0.500. The molecule has 0 bridgehead atoms. The minimum absolute atomic E-state index is 0.293. The Balaban J connectivity index is 1.74. The van der Waals surface area contributed by atoms with E-state index in [0.29, 0.717) is 17.2 Å². The van der Waals surface area contributed by atoms with Gasteiger partial charge in [-0.1, -0.05) is 6.42 Å². The molecule has 0 radical (unpaired) electrons. The number of aromatic nitrogens is 2. The van der Waals surface area contributed by atoms with E-state index >= 15 is 0 Å². The lowest BCUT2D eigenvalue weighted by Crippen LogP contribution is -2.29. The Morgan fingerprint density at radius 1 is 1.38 bits per heavy atom. The van der Waals surface area contributed by atoms with E-state index in [1.165, 1.54) is 18.4 Å². The van der Waals surface area contributed by atoms with Crippen LogP contribution >= 0.6 is 23.6 Å². The molecule has 0 aliphatic heterocycles. The van der Waals surface area contributed by atoms with Gasteiger partial charge in [-0.05, 0) is 56.5 Å². The molecular weight excluding hydrogens is 368 g/mol. The Morgan fingerprint density at radius 3 is 2.96 bits per heavy atom. The second-order valence-corrected chi connectivity index (χ2v) is 7.72. The van der Waals surface area contributed by atoms with E-state index in [0.717, 1.165) is 48.5 Å². The number of rotatable bonds is 5. The SMILES string of the molecule is CCn1nccc1CNC(=S)Nc1sc2c(c1C(=O)OC)CCCCC2. The molecule has 0 saturated carbocycles. The standard InChI is InChI=1S/C18H24N4O2S2/c1-3-22-12(9-10-20-22)11-19-18(25)21-16-15(17(23)24-2)13-7-5-4-6-8-14(13)26-16/h9-10H,3-8,11H2,1-2H3,(H2,19,21,25). The molecule has 3 rings (SSSR count). The van der Waals surface area contributed by atoms with Crippen LogP contribution in [0.5, 0.6) is 0 Å². The quantitative estimate of drug-likeness (QED) is 0.461. The van der Waals surface area contributed by atoms with Crippen molar-refractivity contribution in [1.82, 2.24) is 15.1 Å². The number of methoxy groups -OCH3 is 1. The largest absolute Gasteiger partial charge is 0.465 e. The van der Waals surface area contributed by atoms with Crippen molar-refractivity contribution in [1.29, 1.82) is 0 Å². The highest BCUT2D eigenvalue weighted by atomic mass is 32.1. The Labute approximate surface area is 162 Å². The molecule has 1 aliphatic carbocycles. The number of carbonyl (C=O) groups is 1. The summed E-state index contributed by atoms with van der Waals surface area (Å²) in [6.07, 6.45) is 7.20. The van der Waals surface area contributed by atoms with Crippen molar-refractivity contribution in [2.24, 2.45) is 0 Å². The first-order valence-electron chi connectivity index (χ1n) is 8.92. The number of thiophene rings is 1. The highest BCUT2D eigenvalue weighted by Gasteiger charge is 2.25. The highest BCUT2D eigenvalue weighted by Crippen LogP contribution is 2.37. The van der Waals surface area contributed by atoms with Gasteiger partial charge < -0.3 is 15.4 Å². The maximum atomic E-state index is 12.4. The van der Waals surface area contributed by atoms with Crippen molar-refractivity contribution < 1.29 is 9.53 Å². The third kappa shape index (κ3) is 4.07. The van der Waals surface area contributed by atoms with E-state index in [-0.39, 0.29) is 5.97 Å². The predicted molar refractivity (Wildman–Crippen MR) is 108 cm³/mol. The number of hydrogen-bond donors (Lipinski definition) is 2. The van der Waals surface area contributed by atoms with Gasteiger partial charge in [0.15, 0.2) is 5.11 Å². The van der Waals surface area contributed by atoms with Gasteiger partial charge in [-0.15, -0.1) is 11.3 Å². The summed E-state index contributed by atoms with van der Waals surface area (Å²) in [5.41, 5.74) is 2.85. The second kappa shape index (κ2) is 8.64. The van der Waals surface area contributed by atoms with E-state index in [9.17, 15) is 4.79 Å². The summed E-state index contributed by atoms with van der Waals surface area (Å²) in [4.78, 5) is 13.6. The van der Waals surface area contributed by atoms with Crippen LogP contribution in [0.2, 0.25) is 0 Å². The molecule has 0 aromatic carbocycles. The van der Waals surface area contributed by atoms with Gasteiger partial charge >= 0.3 is 5.97 Å². The molecule has 2 aromatic rings. The molecule has 2 aromatic heterocycles. The molecule has 6 nitrogen and oxygen atoms in total. The number of fused-ring (bicyclic) bond motifs is 1. The Morgan fingerprint density at radius 2 is 2.19 bits per heavy atom. The van der Waals surface area contributed by atoms with Crippen molar-refractivity contribution in [3.05, 3.63) is 34.0 Å². The normalized spacial score (nSPS) is 13.6. The van der Waals surface area contributed by atoms with Gasteiger partial charge in [-0.25, -0.2) is 4.79 Å². The maximum absolute atomic E-state index is 12.4. The summed E-state index contributed by atoms with van der Waals surface area (Å²) in [5.74, 6) is -0.293. The van der Waals surface area contributed by atoms with E-state index in [1.807, 2.05) is 10.7 Å². The van der Waals surface area contributed by atoms with Crippen molar-refractivity contribution in [3.8, 4) is 0 Å². The molecule has 0 saturated heterocycles. The summed E-state index contributed by atoms with van der Waals surface area (Å²) in [6, 6.07) is 1.96. The summed E-state index contributed by atoms with van der Waals surface area (Å²) in [7, 11) is 1.43. The van der Waals surface area contributed by atoms with Crippen LogP contribution in [0.15, 0.2) is 12.3 Å². The third-order valence-electron chi connectivity index (χ3n) is 4.57. The average Bonchev–Trinajstić information content (AvgIpc) is 3.16. The van der Waals surface area contributed by atoms with Gasteiger partial charge in [-0.3, -0.25) is 4.68 Å². The van der Waals surface area contributed by atoms with Gasteiger partial charge in [0.2, 0.25) is 0 Å². The number of thiocarbonyl (C=S) groups is 1. The molecule has 2 N–H and O–H groups in total. The Bertz CT molecular complexity index is 797. The zero-order valence-electron chi connectivity index (χ0n) is 15.1.